The highest BCUT2D eigenvalue weighted by atomic mass is 15.5. The third-order valence-corrected chi connectivity index (χ3v) is 4.81. The predicted octanol–water partition coefficient (Wildman–Crippen LogP) is 2.87. The molecule has 3 aromatic heterocycles. The third-order valence-electron chi connectivity index (χ3n) is 4.81. The van der Waals surface area contributed by atoms with Crippen molar-refractivity contribution in [2.75, 3.05) is 5.73 Å². The molecule has 3 heterocycles. The van der Waals surface area contributed by atoms with Crippen LogP contribution in [0.3, 0.4) is 0 Å². The number of hydrogen-bond acceptors (Lipinski definition) is 6. The number of benzene rings is 2. The normalized spacial score (nSPS) is 11.4. The zero-order valence-electron chi connectivity index (χ0n) is 14.6. The summed E-state index contributed by atoms with van der Waals surface area (Å²) >= 11 is 0. The number of aromatic nitrogens is 7. The summed E-state index contributed by atoms with van der Waals surface area (Å²) < 4.78 is 1.62. The van der Waals surface area contributed by atoms with Crippen LogP contribution in [-0.4, -0.2) is 35.2 Å². The average Bonchev–Trinajstić information content (AvgIpc) is 3.37. The molecule has 0 unspecified atom stereocenters. The van der Waals surface area contributed by atoms with E-state index < -0.39 is 0 Å². The maximum absolute atomic E-state index is 6.48. The van der Waals surface area contributed by atoms with Crippen LogP contribution in [-0.2, 0) is 6.42 Å². The fraction of sp³-hybridized carbons (Fsp3) is 0.105. The van der Waals surface area contributed by atoms with E-state index in [0.29, 0.717) is 22.9 Å². The van der Waals surface area contributed by atoms with Gasteiger partial charge in [-0.2, -0.15) is 9.61 Å². The molecule has 0 saturated heterocycles. The van der Waals surface area contributed by atoms with Crippen molar-refractivity contribution in [1.82, 2.24) is 35.2 Å². The van der Waals surface area contributed by atoms with Gasteiger partial charge in [-0.05, 0) is 38.7 Å². The van der Waals surface area contributed by atoms with Gasteiger partial charge in [0.15, 0.2) is 11.5 Å². The molecule has 0 fully saturated rings. The molecule has 0 saturated carbocycles. The summed E-state index contributed by atoms with van der Waals surface area (Å²) in [5, 5.41) is 20.6. The largest absolute Gasteiger partial charge is 0.383 e. The number of nitrogens with two attached hydrogens (primary N) is 1. The average molecular weight is 356 g/mol. The van der Waals surface area contributed by atoms with Crippen molar-refractivity contribution in [3.63, 3.8) is 0 Å². The minimum atomic E-state index is 0.502. The Hall–Kier alpha value is -3.81. The Labute approximate surface area is 154 Å². The Balaban J connectivity index is 1.75. The number of aromatic amines is 1. The van der Waals surface area contributed by atoms with Gasteiger partial charge in [0, 0.05) is 11.8 Å². The number of tetrazole rings is 1. The van der Waals surface area contributed by atoms with Gasteiger partial charge in [-0.25, -0.2) is 10.1 Å². The zero-order valence-corrected chi connectivity index (χ0v) is 14.6. The predicted molar refractivity (Wildman–Crippen MR) is 103 cm³/mol. The summed E-state index contributed by atoms with van der Waals surface area (Å²) in [6.07, 6.45) is 4.42. The van der Waals surface area contributed by atoms with Crippen molar-refractivity contribution in [3.05, 3.63) is 54.4 Å². The van der Waals surface area contributed by atoms with Gasteiger partial charge in [-0.15, -0.1) is 5.10 Å². The van der Waals surface area contributed by atoms with Gasteiger partial charge in [-0.3, -0.25) is 0 Å². The number of anilines is 1. The second kappa shape index (κ2) is 5.87. The Morgan fingerprint density at radius 2 is 2.00 bits per heavy atom. The maximum atomic E-state index is 6.48. The first-order valence-electron chi connectivity index (χ1n) is 8.64. The van der Waals surface area contributed by atoms with E-state index in [2.05, 4.69) is 68.0 Å². The van der Waals surface area contributed by atoms with Gasteiger partial charge in [0.25, 0.3) is 0 Å². The van der Waals surface area contributed by atoms with E-state index in [1.54, 1.807) is 16.9 Å². The second-order valence-electron chi connectivity index (χ2n) is 6.32. The highest BCUT2D eigenvalue weighted by Crippen LogP contribution is 2.34. The number of fused-ring (bicyclic) bond motifs is 2. The topological polar surface area (TPSA) is 111 Å². The summed E-state index contributed by atoms with van der Waals surface area (Å²) in [5.74, 6) is 1.02. The van der Waals surface area contributed by atoms with Gasteiger partial charge in [0.2, 0.25) is 0 Å². The van der Waals surface area contributed by atoms with Crippen LogP contribution in [0.1, 0.15) is 12.5 Å². The summed E-state index contributed by atoms with van der Waals surface area (Å²) in [5.41, 5.74) is 10.9. The van der Waals surface area contributed by atoms with Crippen LogP contribution in [0, 0.1) is 0 Å². The fourth-order valence-electron chi connectivity index (χ4n) is 3.37. The first kappa shape index (κ1) is 15.4. The number of nitrogen functional groups attached to an aromatic ring is 1. The van der Waals surface area contributed by atoms with Gasteiger partial charge in [-0.1, -0.05) is 43.3 Å². The molecule has 0 bridgehead atoms. The zero-order chi connectivity index (χ0) is 18.4. The SMILES string of the molecule is CCc1ccc2cccc(-c3cnc4c(-c5nnn[nH]5)cnn4c3N)c2c1. The molecule has 0 aliphatic heterocycles. The molecular formula is C19H16N8. The second-order valence-corrected chi connectivity index (χ2v) is 6.32. The molecule has 0 atom stereocenters. The van der Waals surface area contributed by atoms with E-state index in [-0.39, 0.29) is 0 Å². The molecule has 0 aliphatic carbocycles. The van der Waals surface area contributed by atoms with Gasteiger partial charge in [0.05, 0.1) is 11.8 Å². The summed E-state index contributed by atoms with van der Waals surface area (Å²) in [4.78, 5) is 4.59. The number of aryl methyl sites for hydroxylation is 1. The van der Waals surface area contributed by atoms with E-state index in [0.717, 1.165) is 28.3 Å². The molecule has 5 aromatic rings. The van der Waals surface area contributed by atoms with Gasteiger partial charge in [0.1, 0.15) is 5.82 Å². The molecule has 8 heteroatoms. The molecule has 132 valence electrons. The monoisotopic (exact) mass is 356 g/mol. The van der Waals surface area contributed by atoms with Crippen molar-refractivity contribution in [1.29, 1.82) is 0 Å². The summed E-state index contributed by atoms with van der Waals surface area (Å²) in [7, 11) is 0. The van der Waals surface area contributed by atoms with E-state index in [1.165, 1.54) is 5.56 Å². The first-order chi connectivity index (χ1) is 13.3. The Bertz CT molecular complexity index is 1270. The molecule has 2 aromatic carbocycles. The maximum Gasteiger partial charge on any atom is 0.184 e. The van der Waals surface area contributed by atoms with Crippen LogP contribution in [0.5, 0.6) is 0 Å². The Morgan fingerprint density at radius 1 is 1.07 bits per heavy atom. The van der Waals surface area contributed by atoms with E-state index in [4.69, 9.17) is 5.73 Å². The van der Waals surface area contributed by atoms with Crippen LogP contribution in [0.25, 0.3) is 38.9 Å². The number of nitrogens with zero attached hydrogens (tertiary/aromatic N) is 6. The summed E-state index contributed by atoms with van der Waals surface area (Å²) in [6, 6.07) is 12.7. The lowest BCUT2D eigenvalue weighted by molar-refractivity contribution is 0.881. The third kappa shape index (κ3) is 2.34. The quantitative estimate of drug-likeness (QED) is 0.514. The van der Waals surface area contributed by atoms with Gasteiger partial charge < -0.3 is 5.73 Å². The molecule has 3 N–H and O–H groups in total. The van der Waals surface area contributed by atoms with E-state index in [1.807, 2.05) is 6.07 Å². The van der Waals surface area contributed by atoms with Crippen LogP contribution >= 0.6 is 0 Å². The molecular weight excluding hydrogens is 340 g/mol. The number of nitrogens with one attached hydrogen (secondary N) is 1. The minimum Gasteiger partial charge on any atom is -0.383 e. The Kier molecular flexibility index (Phi) is 3.36. The van der Waals surface area contributed by atoms with Crippen LogP contribution in [0.2, 0.25) is 0 Å². The molecule has 8 nitrogen and oxygen atoms in total. The van der Waals surface area contributed by atoms with Crippen molar-refractivity contribution in [2.45, 2.75) is 13.3 Å². The van der Waals surface area contributed by atoms with Crippen molar-refractivity contribution in [3.8, 4) is 22.5 Å². The smallest absolute Gasteiger partial charge is 0.184 e. The number of hydrogen-bond donors (Lipinski definition) is 2. The van der Waals surface area contributed by atoms with Crippen molar-refractivity contribution in [2.24, 2.45) is 0 Å². The van der Waals surface area contributed by atoms with Gasteiger partial charge >= 0.3 is 0 Å². The number of H-pyrrole nitrogens is 1. The van der Waals surface area contributed by atoms with Crippen LogP contribution in [0.15, 0.2) is 48.8 Å². The Morgan fingerprint density at radius 3 is 2.81 bits per heavy atom. The van der Waals surface area contributed by atoms with Crippen molar-refractivity contribution >= 4 is 22.2 Å². The lowest BCUT2D eigenvalue weighted by atomic mass is 9.97. The summed E-state index contributed by atoms with van der Waals surface area (Å²) in [6.45, 7) is 2.15. The molecule has 0 amide bonds. The minimum absolute atomic E-state index is 0.502. The standard InChI is InChI=1S/C19H16N8/c1-2-11-6-7-12-4-3-5-13(14(12)8-11)15-9-21-19-16(18-23-25-26-24-18)10-22-27(19)17(15)20/h3-10H,2,20H2,1H3,(H,23,24,25,26). The van der Waals surface area contributed by atoms with Crippen LogP contribution < -0.4 is 5.73 Å². The fourth-order valence-corrected chi connectivity index (χ4v) is 3.37. The first-order valence-corrected chi connectivity index (χ1v) is 8.64. The highest BCUT2D eigenvalue weighted by Gasteiger charge is 2.16. The van der Waals surface area contributed by atoms with Crippen molar-refractivity contribution < 1.29 is 0 Å². The number of rotatable bonds is 3. The molecule has 0 radical (unpaired) electrons. The lowest BCUT2D eigenvalue weighted by Gasteiger charge is -2.11. The molecule has 27 heavy (non-hydrogen) atoms. The van der Waals surface area contributed by atoms with E-state index >= 15 is 0 Å². The molecule has 0 spiro atoms. The highest BCUT2D eigenvalue weighted by molar-refractivity contribution is 5.99. The molecule has 0 aliphatic rings. The van der Waals surface area contributed by atoms with Crippen LogP contribution in [0.4, 0.5) is 5.82 Å². The van der Waals surface area contributed by atoms with E-state index in [9.17, 15) is 0 Å². The molecule has 5 rings (SSSR count). The lowest BCUT2D eigenvalue weighted by Crippen LogP contribution is -2.03.